The van der Waals surface area contributed by atoms with Gasteiger partial charge >= 0.3 is 0 Å². The number of aryl methyl sites for hydroxylation is 2. The molecule has 0 aliphatic rings. The zero-order valence-electron chi connectivity index (χ0n) is 11.9. The summed E-state index contributed by atoms with van der Waals surface area (Å²) >= 11 is 0. The fourth-order valence-electron chi connectivity index (χ4n) is 2.13. The number of ether oxygens (including phenoxy) is 1. The average molecular weight is 255 g/mol. The molecule has 2 aromatic carbocycles. The molecule has 0 fully saturated rings. The molecule has 2 heteroatoms. The Balaban J connectivity index is 2.22. The first-order valence-electron chi connectivity index (χ1n) is 6.74. The molecule has 1 N–H and O–H groups in total. The second-order valence-corrected chi connectivity index (χ2v) is 4.81. The lowest BCUT2D eigenvalue weighted by molar-refractivity contribution is 0.472. The molecule has 0 atom stereocenters. The Labute approximate surface area is 115 Å². The van der Waals surface area contributed by atoms with Crippen molar-refractivity contribution in [2.24, 2.45) is 0 Å². The molecule has 2 rings (SSSR count). The summed E-state index contributed by atoms with van der Waals surface area (Å²) in [6.45, 7) is 8.07. The summed E-state index contributed by atoms with van der Waals surface area (Å²) in [5.41, 5.74) is 3.63. The van der Waals surface area contributed by atoms with Gasteiger partial charge < -0.3 is 10.1 Å². The van der Waals surface area contributed by atoms with E-state index in [1.165, 1.54) is 16.7 Å². The number of rotatable bonds is 5. The van der Waals surface area contributed by atoms with E-state index in [0.29, 0.717) is 0 Å². The van der Waals surface area contributed by atoms with E-state index in [9.17, 15) is 0 Å². The van der Waals surface area contributed by atoms with Gasteiger partial charge in [-0.2, -0.15) is 0 Å². The highest BCUT2D eigenvalue weighted by Gasteiger charge is 2.04. The summed E-state index contributed by atoms with van der Waals surface area (Å²) < 4.78 is 6.03. The molecule has 0 saturated carbocycles. The molecule has 0 aliphatic carbocycles. The molecular weight excluding hydrogens is 234 g/mol. The number of nitrogens with one attached hydrogen (secondary N) is 1. The Morgan fingerprint density at radius 3 is 2.37 bits per heavy atom. The van der Waals surface area contributed by atoms with Crippen molar-refractivity contribution in [1.82, 2.24) is 5.32 Å². The molecule has 0 bridgehead atoms. The van der Waals surface area contributed by atoms with Crippen LogP contribution in [0, 0.1) is 13.8 Å². The molecule has 0 saturated heterocycles. The van der Waals surface area contributed by atoms with Crippen molar-refractivity contribution in [2.75, 3.05) is 6.54 Å². The lowest BCUT2D eigenvalue weighted by Crippen LogP contribution is -2.12. The van der Waals surface area contributed by atoms with Gasteiger partial charge in [0.05, 0.1) is 0 Å². The zero-order chi connectivity index (χ0) is 13.7. The van der Waals surface area contributed by atoms with Crippen LogP contribution in [0.5, 0.6) is 11.5 Å². The average Bonchev–Trinajstić information content (AvgIpc) is 2.36. The van der Waals surface area contributed by atoms with Gasteiger partial charge in [0.1, 0.15) is 11.5 Å². The molecule has 0 amide bonds. The molecule has 0 aliphatic heterocycles. The largest absolute Gasteiger partial charge is 0.457 e. The molecule has 0 spiro atoms. The number of hydrogen-bond donors (Lipinski definition) is 1. The van der Waals surface area contributed by atoms with E-state index >= 15 is 0 Å². The standard InChI is InChI=1S/C17H21NO/c1-4-18-12-15-7-5-6-8-17(15)19-16-10-13(2)9-14(3)11-16/h5-11,18H,4,12H2,1-3H3. The van der Waals surface area contributed by atoms with E-state index in [1.54, 1.807) is 0 Å². The van der Waals surface area contributed by atoms with Gasteiger partial charge in [-0.15, -0.1) is 0 Å². The van der Waals surface area contributed by atoms with Crippen LogP contribution in [0.4, 0.5) is 0 Å². The van der Waals surface area contributed by atoms with Crippen LogP contribution in [0.1, 0.15) is 23.6 Å². The molecule has 0 heterocycles. The lowest BCUT2D eigenvalue weighted by Gasteiger charge is -2.12. The van der Waals surface area contributed by atoms with Crippen LogP contribution >= 0.6 is 0 Å². The number of benzene rings is 2. The maximum absolute atomic E-state index is 6.03. The second-order valence-electron chi connectivity index (χ2n) is 4.81. The van der Waals surface area contributed by atoms with Crippen molar-refractivity contribution >= 4 is 0 Å². The molecule has 2 nitrogen and oxygen atoms in total. The van der Waals surface area contributed by atoms with E-state index in [1.807, 2.05) is 18.2 Å². The molecule has 2 aromatic rings. The lowest BCUT2D eigenvalue weighted by atomic mass is 10.1. The Kier molecular flexibility index (Phi) is 4.58. The third-order valence-electron chi connectivity index (χ3n) is 2.96. The van der Waals surface area contributed by atoms with Gasteiger partial charge in [-0.05, 0) is 49.7 Å². The van der Waals surface area contributed by atoms with Gasteiger partial charge in [0, 0.05) is 12.1 Å². The summed E-state index contributed by atoms with van der Waals surface area (Å²) in [6.07, 6.45) is 0. The van der Waals surface area contributed by atoms with Gasteiger partial charge in [-0.3, -0.25) is 0 Å². The van der Waals surface area contributed by atoms with E-state index in [0.717, 1.165) is 24.6 Å². The van der Waals surface area contributed by atoms with Crippen LogP contribution in [0.3, 0.4) is 0 Å². The van der Waals surface area contributed by atoms with Crippen molar-refractivity contribution < 1.29 is 4.74 Å². The molecular formula is C17H21NO. The van der Waals surface area contributed by atoms with Gasteiger partial charge in [0.15, 0.2) is 0 Å². The van der Waals surface area contributed by atoms with E-state index in [-0.39, 0.29) is 0 Å². The number of hydrogen-bond acceptors (Lipinski definition) is 2. The van der Waals surface area contributed by atoms with E-state index in [2.05, 4.69) is 50.4 Å². The van der Waals surface area contributed by atoms with Crippen LogP contribution in [-0.4, -0.2) is 6.54 Å². The van der Waals surface area contributed by atoms with Crippen molar-refractivity contribution in [3.63, 3.8) is 0 Å². The Bertz CT molecular complexity index is 528. The molecule has 100 valence electrons. The summed E-state index contributed by atoms with van der Waals surface area (Å²) in [5.74, 6) is 1.83. The predicted octanol–water partition coefficient (Wildman–Crippen LogP) is 4.21. The first-order valence-corrected chi connectivity index (χ1v) is 6.74. The van der Waals surface area contributed by atoms with Crippen LogP contribution in [0.25, 0.3) is 0 Å². The summed E-state index contributed by atoms with van der Waals surface area (Å²) in [4.78, 5) is 0. The summed E-state index contributed by atoms with van der Waals surface area (Å²) in [6, 6.07) is 14.4. The predicted molar refractivity (Wildman–Crippen MR) is 79.8 cm³/mol. The second kappa shape index (κ2) is 6.39. The third-order valence-corrected chi connectivity index (χ3v) is 2.96. The highest BCUT2D eigenvalue weighted by atomic mass is 16.5. The van der Waals surface area contributed by atoms with Gasteiger partial charge in [0.25, 0.3) is 0 Å². The smallest absolute Gasteiger partial charge is 0.131 e. The van der Waals surface area contributed by atoms with Crippen molar-refractivity contribution in [1.29, 1.82) is 0 Å². The Morgan fingerprint density at radius 1 is 1.00 bits per heavy atom. The Hall–Kier alpha value is -1.80. The highest BCUT2D eigenvalue weighted by Crippen LogP contribution is 2.26. The van der Waals surface area contributed by atoms with Gasteiger partial charge in [-0.1, -0.05) is 31.2 Å². The van der Waals surface area contributed by atoms with Crippen LogP contribution < -0.4 is 10.1 Å². The SMILES string of the molecule is CCNCc1ccccc1Oc1cc(C)cc(C)c1. The summed E-state index contributed by atoms with van der Waals surface area (Å²) in [7, 11) is 0. The van der Waals surface area contributed by atoms with E-state index < -0.39 is 0 Å². The number of para-hydroxylation sites is 1. The first kappa shape index (κ1) is 13.6. The minimum atomic E-state index is 0.831. The topological polar surface area (TPSA) is 21.3 Å². The normalized spacial score (nSPS) is 10.5. The van der Waals surface area contributed by atoms with Crippen LogP contribution in [0.15, 0.2) is 42.5 Å². The van der Waals surface area contributed by atoms with Crippen LogP contribution in [0.2, 0.25) is 0 Å². The van der Waals surface area contributed by atoms with Crippen molar-refractivity contribution in [3.8, 4) is 11.5 Å². The summed E-state index contributed by atoms with van der Waals surface area (Å²) in [5, 5.41) is 3.33. The van der Waals surface area contributed by atoms with Gasteiger partial charge in [0.2, 0.25) is 0 Å². The fraction of sp³-hybridized carbons (Fsp3) is 0.294. The minimum Gasteiger partial charge on any atom is -0.457 e. The minimum absolute atomic E-state index is 0.831. The monoisotopic (exact) mass is 255 g/mol. The quantitative estimate of drug-likeness (QED) is 0.864. The maximum Gasteiger partial charge on any atom is 0.131 e. The fourth-order valence-corrected chi connectivity index (χ4v) is 2.13. The van der Waals surface area contributed by atoms with Crippen molar-refractivity contribution in [3.05, 3.63) is 59.2 Å². The zero-order valence-corrected chi connectivity index (χ0v) is 11.9. The van der Waals surface area contributed by atoms with Crippen LogP contribution in [-0.2, 0) is 6.54 Å². The molecule has 19 heavy (non-hydrogen) atoms. The van der Waals surface area contributed by atoms with E-state index in [4.69, 9.17) is 4.74 Å². The molecule has 0 aromatic heterocycles. The first-order chi connectivity index (χ1) is 9.19. The highest BCUT2D eigenvalue weighted by molar-refractivity contribution is 5.40. The van der Waals surface area contributed by atoms with Gasteiger partial charge in [-0.25, -0.2) is 0 Å². The third kappa shape index (κ3) is 3.83. The molecule has 0 unspecified atom stereocenters. The van der Waals surface area contributed by atoms with Crippen molar-refractivity contribution in [2.45, 2.75) is 27.3 Å². The molecule has 0 radical (unpaired) electrons. The maximum atomic E-state index is 6.03. The Morgan fingerprint density at radius 2 is 1.68 bits per heavy atom.